The van der Waals surface area contributed by atoms with Crippen LogP contribution in [-0.2, 0) is 27.9 Å². The predicted molar refractivity (Wildman–Crippen MR) is 277 cm³/mol. The van der Waals surface area contributed by atoms with Gasteiger partial charge in [-0.1, -0.05) is 195 Å². The van der Waals surface area contributed by atoms with Gasteiger partial charge in [0.05, 0.1) is 34.4 Å². The summed E-state index contributed by atoms with van der Waals surface area (Å²) in [5.74, 6) is -0.347. The van der Waals surface area contributed by atoms with Crippen LogP contribution in [0.15, 0.2) is 97.2 Å². The zero-order valence-corrected chi connectivity index (χ0v) is 43.3. The van der Waals surface area contributed by atoms with E-state index in [-0.39, 0.29) is 25.8 Å². The van der Waals surface area contributed by atoms with Crippen molar-refractivity contribution in [2.24, 2.45) is 0 Å². The van der Waals surface area contributed by atoms with E-state index >= 15 is 0 Å². The summed E-state index contributed by atoms with van der Waals surface area (Å²) < 4.78 is 34.7. The molecule has 0 fully saturated rings. The number of hydrogen-bond acceptors (Lipinski definition) is 7. The average molecular weight is 928 g/mol. The molecular formula is C56H98NO7P. The Balaban J connectivity index is 4.17. The summed E-state index contributed by atoms with van der Waals surface area (Å²) in [6, 6.07) is 0. The highest BCUT2D eigenvalue weighted by Crippen LogP contribution is 2.38. The van der Waals surface area contributed by atoms with Gasteiger partial charge >= 0.3 is 5.97 Å². The van der Waals surface area contributed by atoms with Crippen molar-refractivity contribution < 1.29 is 37.3 Å². The van der Waals surface area contributed by atoms with Gasteiger partial charge in [0, 0.05) is 13.0 Å². The number of esters is 1. The average Bonchev–Trinajstić information content (AvgIpc) is 3.27. The van der Waals surface area contributed by atoms with Crippen LogP contribution in [0.25, 0.3) is 0 Å². The van der Waals surface area contributed by atoms with Crippen molar-refractivity contribution in [3.63, 3.8) is 0 Å². The second kappa shape index (κ2) is 47.9. The molecule has 2 unspecified atom stereocenters. The van der Waals surface area contributed by atoms with E-state index in [2.05, 4.69) is 111 Å². The van der Waals surface area contributed by atoms with Crippen molar-refractivity contribution in [2.75, 3.05) is 54.1 Å². The summed E-state index contributed by atoms with van der Waals surface area (Å²) in [7, 11) is 1.33. The number of carbonyl (C=O) groups excluding carboxylic acids is 1. The molecule has 9 heteroatoms. The summed E-state index contributed by atoms with van der Waals surface area (Å²) >= 11 is 0. The molecule has 0 rings (SSSR count). The van der Waals surface area contributed by atoms with Crippen molar-refractivity contribution in [3.05, 3.63) is 97.2 Å². The van der Waals surface area contributed by atoms with Crippen molar-refractivity contribution in [1.82, 2.24) is 0 Å². The Morgan fingerprint density at radius 2 is 0.846 bits per heavy atom. The summed E-state index contributed by atoms with van der Waals surface area (Å²) in [6.07, 6.45) is 65.7. The first-order valence-corrected chi connectivity index (χ1v) is 27.4. The number of unbranched alkanes of at least 4 members (excludes halogenated alkanes) is 17. The molecule has 0 aliphatic heterocycles. The summed E-state index contributed by atoms with van der Waals surface area (Å²) in [6.45, 7) is 5.15. The predicted octanol–water partition coefficient (Wildman–Crippen LogP) is 15.5. The molecule has 0 radical (unpaired) electrons. The minimum absolute atomic E-state index is 0.0180. The molecule has 0 aromatic carbocycles. The van der Waals surface area contributed by atoms with Crippen LogP contribution in [0, 0.1) is 0 Å². The van der Waals surface area contributed by atoms with Gasteiger partial charge in [-0.2, -0.15) is 0 Å². The fourth-order valence-corrected chi connectivity index (χ4v) is 7.43. The lowest BCUT2D eigenvalue weighted by molar-refractivity contribution is -0.870. The molecule has 0 saturated carbocycles. The molecule has 0 aliphatic carbocycles. The monoisotopic (exact) mass is 928 g/mol. The maximum absolute atomic E-state index is 12.8. The standard InChI is InChI=1S/C56H98NO7P/c1-6-8-10-12-14-16-18-20-22-24-26-27-28-29-30-31-32-33-35-37-39-41-43-45-47-49-56(58)64-55(54-63-65(59,60)62-52-50-57(3,4)5)53-61-51-48-46-44-42-40-38-36-34-25-23-21-19-17-15-13-11-9-7-2/h8-11,14-17,20-23,26-27,29-30,55H,6-7,12-13,18-19,24-25,28,31-54H2,1-5H3/b10-8-,11-9-,16-14-,17-15-,22-20-,23-21-,27-26-,30-29-. The summed E-state index contributed by atoms with van der Waals surface area (Å²) in [5.41, 5.74) is 0. The highest BCUT2D eigenvalue weighted by molar-refractivity contribution is 7.45. The van der Waals surface area contributed by atoms with Crippen LogP contribution in [0.2, 0.25) is 0 Å². The quantitative estimate of drug-likeness (QED) is 0.0197. The molecule has 0 N–H and O–H groups in total. The Morgan fingerprint density at radius 1 is 0.477 bits per heavy atom. The normalized spacial score (nSPS) is 14.4. The molecular weight excluding hydrogens is 830 g/mol. The zero-order valence-electron chi connectivity index (χ0n) is 42.4. The number of ether oxygens (including phenoxy) is 2. The van der Waals surface area contributed by atoms with Crippen molar-refractivity contribution in [3.8, 4) is 0 Å². The zero-order chi connectivity index (χ0) is 47.6. The number of nitrogens with zero attached hydrogens (tertiary/aromatic N) is 1. The van der Waals surface area contributed by atoms with Crippen LogP contribution in [0.5, 0.6) is 0 Å². The fourth-order valence-electron chi connectivity index (χ4n) is 6.71. The molecule has 0 bridgehead atoms. The number of phosphoric ester groups is 1. The molecule has 8 nitrogen and oxygen atoms in total. The number of hydrogen-bond donors (Lipinski definition) is 0. The summed E-state index contributed by atoms with van der Waals surface area (Å²) in [4.78, 5) is 25.2. The van der Waals surface area contributed by atoms with Gasteiger partial charge in [0.2, 0.25) is 0 Å². The largest absolute Gasteiger partial charge is 0.756 e. The van der Waals surface area contributed by atoms with Gasteiger partial charge < -0.3 is 27.9 Å². The number of likely N-dealkylation sites (N-methyl/N-ethyl adjacent to an activating group) is 1. The second-order valence-electron chi connectivity index (χ2n) is 18.1. The third kappa shape index (κ3) is 52.3. The Kier molecular flexibility index (Phi) is 46.0. The molecule has 0 aromatic heterocycles. The first-order valence-electron chi connectivity index (χ1n) is 26.0. The van der Waals surface area contributed by atoms with Gasteiger partial charge in [0.1, 0.15) is 19.3 Å². The van der Waals surface area contributed by atoms with E-state index in [4.69, 9.17) is 18.5 Å². The van der Waals surface area contributed by atoms with E-state index in [0.29, 0.717) is 24.1 Å². The Labute approximate surface area is 400 Å². The van der Waals surface area contributed by atoms with Crippen LogP contribution < -0.4 is 4.89 Å². The number of rotatable bonds is 47. The third-order valence-corrected chi connectivity index (χ3v) is 11.6. The van der Waals surface area contributed by atoms with Gasteiger partial charge in [-0.15, -0.1) is 0 Å². The van der Waals surface area contributed by atoms with Gasteiger partial charge in [-0.3, -0.25) is 9.36 Å². The highest BCUT2D eigenvalue weighted by Gasteiger charge is 2.20. The van der Waals surface area contributed by atoms with Crippen LogP contribution in [0.3, 0.4) is 0 Å². The van der Waals surface area contributed by atoms with Gasteiger partial charge in [-0.25, -0.2) is 0 Å². The van der Waals surface area contributed by atoms with Crippen LogP contribution in [-0.4, -0.2) is 70.7 Å². The topological polar surface area (TPSA) is 94.1 Å². The van der Waals surface area contributed by atoms with E-state index in [1.807, 2.05) is 21.1 Å². The SMILES string of the molecule is CC/C=C\C/C=C\C/C=C\C/C=C\C/C=C\CCCCCCCCCCCC(=O)OC(COCCCCCCCCCC/C=C\C/C=C\C/C=C\CC)COP(=O)([O-])OCC[N+](C)(C)C. The molecule has 65 heavy (non-hydrogen) atoms. The van der Waals surface area contributed by atoms with E-state index in [1.54, 1.807) is 0 Å². The molecule has 0 spiro atoms. The van der Waals surface area contributed by atoms with Crippen molar-refractivity contribution in [2.45, 2.75) is 200 Å². The summed E-state index contributed by atoms with van der Waals surface area (Å²) in [5, 5.41) is 0. The second-order valence-corrected chi connectivity index (χ2v) is 19.5. The first-order chi connectivity index (χ1) is 31.6. The lowest BCUT2D eigenvalue weighted by Gasteiger charge is -2.28. The Morgan fingerprint density at radius 3 is 1.26 bits per heavy atom. The number of quaternary nitrogens is 1. The van der Waals surface area contributed by atoms with Crippen molar-refractivity contribution in [1.29, 1.82) is 0 Å². The van der Waals surface area contributed by atoms with Gasteiger partial charge in [-0.05, 0) is 89.9 Å². The van der Waals surface area contributed by atoms with E-state index < -0.39 is 13.9 Å². The van der Waals surface area contributed by atoms with E-state index in [0.717, 1.165) is 96.3 Å². The molecule has 0 amide bonds. The molecule has 0 aromatic rings. The number of carbonyl (C=O) groups is 1. The minimum Gasteiger partial charge on any atom is -0.756 e. The van der Waals surface area contributed by atoms with Gasteiger partial charge in [0.25, 0.3) is 7.82 Å². The van der Waals surface area contributed by atoms with Crippen molar-refractivity contribution >= 4 is 13.8 Å². The number of phosphoric acid groups is 1. The smallest absolute Gasteiger partial charge is 0.306 e. The number of allylic oxidation sites excluding steroid dienone is 16. The molecule has 2 atom stereocenters. The lowest BCUT2D eigenvalue weighted by Crippen LogP contribution is -2.37. The Hall–Kier alpha value is -2.58. The maximum atomic E-state index is 12.8. The van der Waals surface area contributed by atoms with E-state index in [9.17, 15) is 14.3 Å². The third-order valence-electron chi connectivity index (χ3n) is 10.6. The van der Waals surface area contributed by atoms with Crippen LogP contribution >= 0.6 is 7.82 Å². The highest BCUT2D eigenvalue weighted by atomic mass is 31.2. The van der Waals surface area contributed by atoms with Crippen LogP contribution in [0.4, 0.5) is 0 Å². The fraction of sp³-hybridized carbons (Fsp3) is 0.696. The molecule has 0 heterocycles. The first kappa shape index (κ1) is 62.4. The minimum atomic E-state index is -4.54. The lowest BCUT2D eigenvalue weighted by atomic mass is 10.1. The van der Waals surface area contributed by atoms with Crippen LogP contribution in [0.1, 0.15) is 194 Å². The van der Waals surface area contributed by atoms with E-state index in [1.165, 1.54) is 77.0 Å². The molecule has 374 valence electrons. The molecule has 0 aliphatic rings. The molecule has 0 saturated heterocycles. The Bertz CT molecular complexity index is 1360. The maximum Gasteiger partial charge on any atom is 0.306 e. The van der Waals surface area contributed by atoms with Gasteiger partial charge in [0.15, 0.2) is 0 Å².